The van der Waals surface area contributed by atoms with Gasteiger partial charge in [-0.3, -0.25) is 4.79 Å². The van der Waals surface area contributed by atoms with Gasteiger partial charge in [-0.2, -0.15) is 0 Å². The summed E-state index contributed by atoms with van der Waals surface area (Å²) in [6, 6.07) is 1.69. The number of nitrogens with two attached hydrogens (primary N) is 1. The smallest absolute Gasteiger partial charge is 0.305 e. The first-order chi connectivity index (χ1) is 9.32. The minimum atomic E-state index is -0.174. The topological polar surface area (TPSA) is 90.1 Å². The highest BCUT2D eigenvalue weighted by atomic mass is 16.5. The average Bonchev–Trinajstić information content (AvgIpc) is 2.33. The van der Waals surface area contributed by atoms with E-state index < -0.39 is 0 Å². The van der Waals surface area contributed by atoms with Crippen molar-refractivity contribution in [2.75, 3.05) is 24.2 Å². The van der Waals surface area contributed by atoms with Crippen molar-refractivity contribution in [1.29, 1.82) is 0 Å². The zero-order valence-corrected chi connectivity index (χ0v) is 12.7. The number of carbonyl (C=O) groups is 1. The molecule has 0 saturated heterocycles. The van der Waals surface area contributed by atoms with Gasteiger partial charge in [-0.25, -0.2) is 9.97 Å². The summed E-state index contributed by atoms with van der Waals surface area (Å²) in [5, 5.41) is 3.16. The van der Waals surface area contributed by atoms with Crippen molar-refractivity contribution in [3.8, 4) is 0 Å². The van der Waals surface area contributed by atoms with Crippen LogP contribution in [0.15, 0.2) is 6.07 Å². The molecule has 1 aromatic rings. The molecule has 0 atom stereocenters. The van der Waals surface area contributed by atoms with Crippen molar-refractivity contribution in [1.82, 2.24) is 9.97 Å². The fourth-order valence-corrected chi connectivity index (χ4v) is 1.57. The van der Waals surface area contributed by atoms with Gasteiger partial charge in [-0.05, 0) is 13.3 Å². The number of nitrogen functional groups attached to an aromatic ring is 1. The molecule has 0 amide bonds. The van der Waals surface area contributed by atoms with Crippen LogP contribution in [0, 0.1) is 0 Å². The van der Waals surface area contributed by atoms with Crippen molar-refractivity contribution >= 4 is 17.6 Å². The zero-order chi connectivity index (χ0) is 15.2. The van der Waals surface area contributed by atoms with Crippen molar-refractivity contribution in [3.05, 3.63) is 11.9 Å². The second-order valence-electron chi connectivity index (χ2n) is 5.59. The van der Waals surface area contributed by atoms with E-state index in [4.69, 9.17) is 10.5 Å². The molecular formula is C14H24N4O2. The summed E-state index contributed by atoms with van der Waals surface area (Å²) in [6.45, 7) is 8.96. The Balaban J connectivity index is 2.52. The zero-order valence-electron chi connectivity index (χ0n) is 12.7. The lowest BCUT2D eigenvalue weighted by Crippen LogP contribution is -2.18. The first-order valence-corrected chi connectivity index (χ1v) is 6.87. The van der Waals surface area contributed by atoms with Crippen LogP contribution >= 0.6 is 0 Å². The quantitative estimate of drug-likeness (QED) is 0.612. The maximum Gasteiger partial charge on any atom is 0.305 e. The van der Waals surface area contributed by atoms with E-state index in [0.717, 1.165) is 0 Å². The van der Waals surface area contributed by atoms with Crippen LogP contribution in [0.1, 0.15) is 46.4 Å². The van der Waals surface area contributed by atoms with E-state index in [9.17, 15) is 4.79 Å². The second kappa shape index (κ2) is 7.07. The third kappa shape index (κ3) is 5.42. The number of nitrogens with one attached hydrogen (secondary N) is 1. The van der Waals surface area contributed by atoms with Gasteiger partial charge in [0.05, 0.1) is 6.61 Å². The molecule has 1 rings (SSSR count). The molecule has 0 saturated carbocycles. The first kappa shape index (κ1) is 16.2. The van der Waals surface area contributed by atoms with Crippen molar-refractivity contribution in [2.45, 2.75) is 46.0 Å². The van der Waals surface area contributed by atoms with Crippen LogP contribution in [0.2, 0.25) is 0 Å². The number of aromatic nitrogens is 2. The van der Waals surface area contributed by atoms with Gasteiger partial charge in [0.15, 0.2) is 0 Å². The lowest BCUT2D eigenvalue weighted by Gasteiger charge is -2.18. The number of esters is 1. The molecule has 1 aromatic heterocycles. The Hall–Kier alpha value is -1.85. The van der Waals surface area contributed by atoms with Gasteiger partial charge in [0, 0.05) is 24.4 Å². The molecule has 0 bridgehead atoms. The van der Waals surface area contributed by atoms with E-state index in [1.807, 2.05) is 20.8 Å². The van der Waals surface area contributed by atoms with Crippen LogP contribution in [-0.4, -0.2) is 29.1 Å². The molecule has 0 aromatic carbocycles. The van der Waals surface area contributed by atoms with Gasteiger partial charge in [0.1, 0.15) is 17.5 Å². The number of anilines is 2. The highest BCUT2D eigenvalue weighted by Gasteiger charge is 2.18. The Labute approximate surface area is 120 Å². The molecule has 0 aliphatic heterocycles. The molecule has 1 heterocycles. The molecule has 0 aliphatic rings. The Morgan fingerprint density at radius 1 is 1.40 bits per heavy atom. The van der Waals surface area contributed by atoms with E-state index in [-0.39, 0.29) is 11.4 Å². The summed E-state index contributed by atoms with van der Waals surface area (Å²) >= 11 is 0. The maximum atomic E-state index is 11.2. The van der Waals surface area contributed by atoms with Gasteiger partial charge < -0.3 is 15.8 Å². The van der Waals surface area contributed by atoms with Crippen molar-refractivity contribution in [3.63, 3.8) is 0 Å². The lowest BCUT2D eigenvalue weighted by molar-refractivity contribution is -0.143. The number of ether oxygens (including phenoxy) is 1. The van der Waals surface area contributed by atoms with Crippen LogP contribution < -0.4 is 11.1 Å². The monoisotopic (exact) mass is 280 g/mol. The molecular weight excluding hydrogens is 256 g/mol. The SMILES string of the molecule is CCOC(=O)CCCNc1cc(N)nc(C(C)(C)C)n1. The van der Waals surface area contributed by atoms with E-state index in [2.05, 4.69) is 15.3 Å². The van der Waals surface area contributed by atoms with Crippen LogP contribution in [-0.2, 0) is 14.9 Å². The number of hydrogen-bond donors (Lipinski definition) is 2. The number of carbonyl (C=O) groups excluding carboxylic acids is 1. The maximum absolute atomic E-state index is 11.2. The molecule has 0 fully saturated rings. The molecule has 3 N–H and O–H groups in total. The van der Waals surface area contributed by atoms with Crippen molar-refractivity contribution in [2.24, 2.45) is 0 Å². The summed E-state index contributed by atoms with van der Waals surface area (Å²) < 4.78 is 4.86. The standard InChI is InChI=1S/C14H24N4O2/c1-5-20-12(19)7-6-8-16-11-9-10(15)17-13(18-11)14(2,3)4/h9H,5-8H2,1-4H3,(H3,15,16,17,18). The summed E-state index contributed by atoms with van der Waals surface area (Å²) in [6.07, 6.45) is 1.08. The van der Waals surface area contributed by atoms with E-state index in [1.54, 1.807) is 13.0 Å². The second-order valence-corrected chi connectivity index (χ2v) is 5.59. The van der Waals surface area contributed by atoms with Crippen LogP contribution in [0.25, 0.3) is 0 Å². The summed E-state index contributed by atoms with van der Waals surface area (Å²) in [5.74, 6) is 1.65. The van der Waals surface area contributed by atoms with E-state index in [1.165, 1.54) is 0 Å². The Morgan fingerprint density at radius 2 is 2.10 bits per heavy atom. The van der Waals surface area contributed by atoms with Gasteiger partial charge in [0.2, 0.25) is 0 Å². The van der Waals surface area contributed by atoms with Gasteiger partial charge in [-0.1, -0.05) is 20.8 Å². The predicted molar refractivity (Wildman–Crippen MR) is 79.5 cm³/mol. The van der Waals surface area contributed by atoms with Gasteiger partial charge in [-0.15, -0.1) is 0 Å². The number of hydrogen-bond acceptors (Lipinski definition) is 6. The van der Waals surface area contributed by atoms with E-state index in [0.29, 0.717) is 43.5 Å². The van der Waals surface area contributed by atoms with Crippen LogP contribution in [0.5, 0.6) is 0 Å². The molecule has 0 aliphatic carbocycles. The fourth-order valence-electron chi connectivity index (χ4n) is 1.57. The Morgan fingerprint density at radius 3 is 2.70 bits per heavy atom. The highest BCUT2D eigenvalue weighted by Crippen LogP contribution is 2.21. The van der Waals surface area contributed by atoms with Crippen molar-refractivity contribution < 1.29 is 9.53 Å². The molecule has 6 nitrogen and oxygen atoms in total. The van der Waals surface area contributed by atoms with Crippen LogP contribution in [0.3, 0.4) is 0 Å². The highest BCUT2D eigenvalue weighted by molar-refractivity contribution is 5.69. The molecule has 6 heteroatoms. The minimum Gasteiger partial charge on any atom is -0.466 e. The fraction of sp³-hybridized carbons (Fsp3) is 0.643. The summed E-state index contributed by atoms with van der Waals surface area (Å²) in [7, 11) is 0. The average molecular weight is 280 g/mol. The number of nitrogens with zero attached hydrogens (tertiary/aromatic N) is 2. The molecule has 20 heavy (non-hydrogen) atoms. The predicted octanol–water partition coefficient (Wildman–Crippen LogP) is 2.11. The van der Waals surface area contributed by atoms with Gasteiger partial charge >= 0.3 is 5.97 Å². The summed E-state index contributed by atoms with van der Waals surface area (Å²) in [5.41, 5.74) is 5.63. The summed E-state index contributed by atoms with van der Waals surface area (Å²) in [4.78, 5) is 19.9. The number of rotatable bonds is 6. The van der Waals surface area contributed by atoms with Crippen LogP contribution in [0.4, 0.5) is 11.6 Å². The molecule has 0 radical (unpaired) electrons. The third-order valence-electron chi connectivity index (χ3n) is 2.59. The Kier molecular flexibility index (Phi) is 5.73. The van der Waals surface area contributed by atoms with E-state index >= 15 is 0 Å². The molecule has 0 spiro atoms. The largest absolute Gasteiger partial charge is 0.466 e. The Bertz CT molecular complexity index is 455. The molecule has 112 valence electrons. The first-order valence-electron chi connectivity index (χ1n) is 6.87. The minimum absolute atomic E-state index is 0.156. The lowest BCUT2D eigenvalue weighted by atomic mass is 9.96. The van der Waals surface area contributed by atoms with Gasteiger partial charge in [0.25, 0.3) is 0 Å². The third-order valence-corrected chi connectivity index (χ3v) is 2.59. The molecule has 0 unspecified atom stereocenters. The normalized spacial score (nSPS) is 11.2.